The lowest BCUT2D eigenvalue weighted by atomic mass is 10.1. The van der Waals surface area contributed by atoms with Crippen molar-refractivity contribution in [3.63, 3.8) is 0 Å². The van der Waals surface area contributed by atoms with Crippen molar-refractivity contribution < 1.29 is 33.3 Å². The van der Waals surface area contributed by atoms with Crippen LogP contribution in [0.3, 0.4) is 0 Å². The highest BCUT2D eigenvalue weighted by atomic mass is 79.9. The SMILES string of the molecule is CCCOC(=O)CCN1C(=O)/C(=C\c2cc(Br)c(OCC(=O)N3CCOCC3)c(OCC)c2)SC1=S. The topological polar surface area (TPSA) is 94.6 Å². The molecule has 1 aromatic carbocycles. The number of rotatable bonds is 11. The number of ether oxygens (including phenoxy) is 4. The maximum atomic E-state index is 12.9. The number of hydrogen-bond donors (Lipinski definition) is 0. The van der Waals surface area contributed by atoms with E-state index in [-0.39, 0.29) is 37.4 Å². The van der Waals surface area contributed by atoms with Gasteiger partial charge < -0.3 is 23.8 Å². The Kier molecular flexibility index (Phi) is 11.0. The van der Waals surface area contributed by atoms with Crippen molar-refractivity contribution in [2.75, 3.05) is 52.7 Å². The summed E-state index contributed by atoms with van der Waals surface area (Å²) in [5, 5.41) is 0. The van der Waals surface area contributed by atoms with Crippen LogP contribution >= 0.6 is 39.9 Å². The van der Waals surface area contributed by atoms with Gasteiger partial charge in [0, 0.05) is 19.6 Å². The van der Waals surface area contributed by atoms with Gasteiger partial charge in [0.15, 0.2) is 18.1 Å². The lowest BCUT2D eigenvalue weighted by molar-refractivity contribution is -0.144. The van der Waals surface area contributed by atoms with E-state index in [0.29, 0.717) is 70.3 Å². The summed E-state index contributed by atoms with van der Waals surface area (Å²) in [4.78, 5) is 40.8. The van der Waals surface area contributed by atoms with Crippen LogP contribution in [-0.2, 0) is 23.9 Å². The van der Waals surface area contributed by atoms with Crippen LogP contribution in [0.25, 0.3) is 6.08 Å². The minimum absolute atomic E-state index is 0.0783. The quantitative estimate of drug-likeness (QED) is 0.214. The largest absolute Gasteiger partial charge is 0.490 e. The molecule has 196 valence electrons. The van der Waals surface area contributed by atoms with Gasteiger partial charge in [0.1, 0.15) is 4.32 Å². The van der Waals surface area contributed by atoms with Crippen molar-refractivity contribution in [1.82, 2.24) is 9.80 Å². The van der Waals surface area contributed by atoms with Crippen LogP contribution in [0.15, 0.2) is 21.5 Å². The lowest BCUT2D eigenvalue weighted by Gasteiger charge is -2.27. The fourth-order valence-electron chi connectivity index (χ4n) is 3.45. The van der Waals surface area contributed by atoms with Gasteiger partial charge in [-0.05, 0) is 53.0 Å². The molecule has 0 saturated carbocycles. The summed E-state index contributed by atoms with van der Waals surface area (Å²) >= 11 is 10.0. The fourth-order valence-corrected chi connectivity index (χ4v) is 5.33. The molecule has 0 bridgehead atoms. The molecule has 0 N–H and O–H groups in total. The molecule has 9 nitrogen and oxygen atoms in total. The minimum atomic E-state index is -0.358. The molecule has 2 heterocycles. The first-order chi connectivity index (χ1) is 17.3. The number of nitrogens with zero attached hydrogens (tertiary/aromatic N) is 2. The van der Waals surface area contributed by atoms with E-state index < -0.39 is 0 Å². The van der Waals surface area contributed by atoms with Crippen molar-refractivity contribution in [3.05, 3.63) is 27.1 Å². The van der Waals surface area contributed by atoms with E-state index in [9.17, 15) is 14.4 Å². The van der Waals surface area contributed by atoms with Crippen molar-refractivity contribution in [3.8, 4) is 11.5 Å². The van der Waals surface area contributed by atoms with Gasteiger partial charge in [0.05, 0.1) is 42.2 Å². The molecule has 0 radical (unpaired) electrons. The number of esters is 1. The molecule has 36 heavy (non-hydrogen) atoms. The molecule has 0 atom stereocenters. The molecule has 2 fully saturated rings. The molecule has 2 amide bonds. The second-order valence-electron chi connectivity index (χ2n) is 7.85. The Balaban J connectivity index is 1.70. The van der Waals surface area contributed by atoms with Crippen LogP contribution in [0.2, 0.25) is 0 Å². The smallest absolute Gasteiger partial charge is 0.307 e. The highest BCUT2D eigenvalue weighted by Crippen LogP contribution is 2.39. The molecular formula is C24H29BrN2O7S2. The summed E-state index contributed by atoms with van der Waals surface area (Å²) in [7, 11) is 0. The van der Waals surface area contributed by atoms with Crippen LogP contribution < -0.4 is 9.47 Å². The Labute approximate surface area is 228 Å². The number of morpholine rings is 1. The number of thioether (sulfide) groups is 1. The third-order valence-corrected chi connectivity index (χ3v) is 7.18. The Morgan fingerprint density at radius 2 is 1.97 bits per heavy atom. The van der Waals surface area contributed by atoms with E-state index in [2.05, 4.69) is 15.9 Å². The Morgan fingerprint density at radius 1 is 1.22 bits per heavy atom. The Hall–Kier alpha value is -2.15. The molecule has 2 saturated heterocycles. The van der Waals surface area contributed by atoms with Gasteiger partial charge in [-0.25, -0.2) is 0 Å². The number of carbonyl (C=O) groups is 3. The molecule has 2 aliphatic rings. The molecule has 2 aliphatic heterocycles. The lowest BCUT2D eigenvalue weighted by Crippen LogP contribution is -2.43. The van der Waals surface area contributed by atoms with Gasteiger partial charge >= 0.3 is 5.97 Å². The predicted molar refractivity (Wildman–Crippen MR) is 144 cm³/mol. The van der Waals surface area contributed by atoms with Gasteiger partial charge in [-0.15, -0.1) is 0 Å². The van der Waals surface area contributed by atoms with E-state index in [1.54, 1.807) is 23.1 Å². The van der Waals surface area contributed by atoms with Crippen LogP contribution in [0.1, 0.15) is 32.3 Å². The number of thiocarbonyl (C=S) groups is 1. The number of halogens is 1. The summed E-state index contributed by atoms with van der Waals surface area (Å²) < 4.78 is 22.9. The first kappa shape index (κ1) is 28.4. The zero-order valence-electron chi connectivity index (χ0n) is 20.2. The minimum Gasteiger partial charge on any atom is -0.490 e. The number of carbonyl (C=O) groups excluding carboxylic acids is 3. The molecule has 0 spiro atoms. The average Bonchev–Trinajstić information content (AvgIpc) is 3.13. The molecule has 12 heteroatoms. The summed E-state index contributed by atoms with van der Waals surface area (Å²) in [6, 6.07) is 3.53. The number of hydrogen-bond acceptors (Lipinski definition) is 9. The van der Waals surface area contributed by atoms with Gasteiger partial charge in [-0.2, -0.15) is 0 Å². The third-order valence-electron chi connectivity index (χ3n) is 5.21. The number of benzene rings is 1. The second-order valence-corrected chi connectivity index (χ2v) is 10.4. The van der Waals surface area contributed by atoms with Crippen molar-refractivity contribution in [2.24, 2.45) is 0 Å². The maximum Gasteiger partial charge on any atom is 0.307 e. The molecule has 3 rings (SSSR count). The highest BCUT2D eigenvalue weighted by Gasteiger charge is 2.32. The first-order valence-electron chi connectivity index (χ1n) is 11.7. The summed E-state index contributed by atoms with van der Waals surface area (Å²) in [6.45, 7) is 6.67. The van der Waals surface area contributed by atoms with Crippen LogP contribution in [0.4, 0.5) is 0 Å². The average molecular weight is 602 g/mol. The van der Waals surface area contributed by atoms with Crippen molar-refractivity contribution >= 4 is 68.1 Å². The van der Waals surface area contributed by atoms with Gasteiger partial charge in [-0.3, -0.25) is 19.3 Å². The van der Waals surface area contributed by atoms with E-state index >= 15 is 0 Å². The highest BCUT2D eigenvalue weighted by molar-refractivity contribution is 9.10. The first-order valence-corrected chi connectivity index (χ1v) is 13.7. The van der Waals surface area contributed by atoms with Gasteiger partial charge in [-0.1, -0.05) is 30.9 Å². The Morgan fingerprint density at radius 3 is 2.67 bits per heavy atom. The van der Waals surface area contributed by atoms with Crippen LogP contribution in [0, 0.1) is 0 Å². The molecule has 0 unspecified atom stereocenters. The van der Waals surface area contributed by atoms with E-state index in [4.69, 9.17) is 31.2 Å². The van der Waals surface area contributed by atoms with E-state index in [1.165, 1.54) is 16.7 Å². The van der Waals surface area contributed by atoms with Gasteiger partial charge in [0.2, 0.25) is 0 Å². The van der Waals surface area contributed by atoms with E-state index in [1.807, 2.05) is 13.8 Å². The van der Waals surface area contributed by atoms with Crippen LogP contribution in [0.5, 0.6) is 11.5 Å². The fraction of sp³-hybridized carbons (Fsp3) is 0.500. The second kappa shape index (κ2) is 14.0. The maximum absolute atomic E-state index is 12.9. The Bertz CT molecular complexity index is 1030. The monoisotopic (exact) mass is 600 g/mol. The molecule has 0 aromatic heterocycles. The van der Waals surface area contributed by atoms with Crippen LogP contribution in [-0.4, -0.2) is 84.6 Å². The zero-order chi connectivity index (χ0) is 26.1. The standard InChI is InChI=1S/C24H29BrN2O7S2/c1-3-9-33-21(29)5-6-27-23(30)19(36-24(27)35)14-16-12-17(25)22(18(13-16)32-4-2)34-15-20(28)26-7-10-31-11-8-26/h12-14H,3-11,15H2,1-2H3/b19-14+. The third kappa shape index (κ3) is 7.67. The van der Waals surface area contributed by atoms with Crippen molar-refractivity contribution in [2.45, 2.75) is 26.7 Å². The van der Waals surface area contributed by atoms with Gasteiger partial charge in [0.25, 0.3) is 11.8 Å². The molecular weight excluding hydrogens is 572 g/mol. The molecule has 1 aromatic rings. The summed E-state index contributed by atoms with van der Waals surface area (Å²) in [5.41, 5.74) is 0.694. The van der Waals surface area contributed by atoms with E-state index in [0.717, 1.165) is 6.42 Å². The zero-order valence-corrected chi connectivity index (χ0v) is 23.5. The summed E-state index contributed by atoms with van der Waals surface area (Å²) in [6.07, 6.45) is 2.53. The number of amides is 2. The predicted octanol–water partition coefficient (Wildman–Crippen LogP) is 3.63. The molecule has 0 aliphatic carbocycles. The normalized spacial score (nSPS) is 17.0. The van der Waals surface area contributed by atoms with Crippen molar-refractivity contribution in [1.29, 1.82) is 0 Å². The summed E-state index contributed by atoms with van der Waals surface area (Å²) in [5.74, 6) is 0.108.